The molecule has 2 heteroatoms. The molecule has 0 saturated carbocycles. The Kier molecular flexibility index (Phi) is 6.53. The van der Waals surface area contributed by atoms with Crippen molar-refractivity contribution in [2.45, 2.75) is 92.6 Å². The lowest BCUT2D eigenvalue weighted by Crippen LogP contribution is -2.31. The minimum absolute atomic E-state index is 0.0598. The van der Waals surface area contributed by atoms with E-state index in [2.05, 4.69) is 72.7 Å². The number of ether oxygens (including phenoxy) is 1. The third kappa shape index (κ3) is 6.49. The maximum Gasteiger partial charge on any atom is 0.313 e. The maximum absolute atomic E-state index is 12.9. The van der Waals surface area contributed by atoms with Crippen molar-refractivity contribution >= 4 is 5.97 Å². The van der Waals surface area contributed by atoms with Gasteiger partial charge < -0.3 is 4.74 Å². The van der Waals surface area contributed by atoms with Gasteiger partial charge >= 0.3 is 5.97 Å². The SMILES string of the molecule is CC(C)C(C)(C)CC(C(=O)OC(C)(C)C)c1ccc(C(C)(C)C)cc1. The average molecular weight is 347 g/mol. The highest BCUT2D eigenvalue weighted by Crippen LogP contribution is 2.39. The van der Waals surface area contributed by atoms with Gasteiger partial charge in [0.2, 0.25) is 0 Å². The van der Waals surface area contributed by atoms with E-state index in [-0.39, 0.29) is 22.7 Å². The molecule has 0 aliphatic rings. The van der Waals surface area contributed by atoms with E-state index in [0.717, 1.165) is 12.0 Å². The number of hydrogen-bond acceptors (Lipinski definition) is 2. The number of carbonyl (C=O) groups is 1. The topological polar surface area (TPSA) is 26.3 Å². The van der Waals surface area contributed by atoms with Crippen LogP contribution in [0.1, 0.15) is 92.7 Å². The standard InChI is InChI=1S/C23H38O2/c1-16(2)23(9,10)15-19(20(24)25-22(6,7)8)17-11-13-18(14-12-17)21(3,4)5/h11-14,16,19H,15H2,1-10H3. The summed E-state index contributed by atoms with van der Waals surface area (Å²) in [6.45, 7) is 21.3. The Morgan fingerprint density at radius 2 is 1.40 bits per heavy atom. The second-order valence-corrected chi connectivity index (χ2v) is 10.3. The van der Waals surface area contributed by atoms with Gasteiger partial charge in [0.15, 0.2) is 0 Å². The van der Waals surface area contributed by atoms with Crippen LogP contribution in [0.25, 0.3) is 0 Å². The predicted octanol–water partition coefficient (Wildman–Crippen LogP) is 6.48. The van der Waals surface area contributed by atoms with E-state index < -0.39 is 5.60 Å². The molecule has 0 amide bonds. The van der Waals surface area contributed by atoms with Crippen LogP contribution in [0.4, 0.5) is 0 Å². The van der Waals surface area contributed by atoms with Gasteiger partial charge in [-0.25, -0.2) is 0 Å². The van der Waals surface area contributed by atoms with Gasteiger partial charge in [-0.15, -0.1) is 0 Å². The number of benzene rings is 1. The average Bonchev–Trinajstić information content (AvgIpc) is 2.42. The van der Waals surface area contributed by atoms with Crippen LogP contribution >= 0.6 is 0 Å². The van der Waals surface area contributed by atoms with Gasteiger partial charge in [0.05, 0.1) is 5.92 Å². The summed E-state index contributed by atoms with van der Waals surface area (Å²) >= 11 is 0. The Balaban J connectivity index is 3.20. The van der Waals surface area contributed by atoms with Gasteiger partial charge in [0.1, 0.15) is 5.60 Å². The molecule has 0 bridgehead atoms. The normalized spacial score (nSPS) is 14.5. The number of carbonyl (C=O) groups excluding carboxylic acids is 1. The van der Waals surface area contributed by atoms with Gasteiger partial charge in [-0.3, -0.25) is 4.79 Å². The summed E-state index contributed by atoms with van der Waals surface area (Å²) in [5.74, 6) is 0.140. The first kappa shape index (κ1) is 21.7. The fraction of sp³-hybridized carbons (Fsp3) is 0.696. The number of hydrogen-bond donors (Lipinski definition) is 0. The van der Waals surface area contributed by atoms with Gasteiger partial charge in [-0.1, -0.05) is 72.7 Å². The van der Waals surface area contributed by atoms with Gasteiger partial charge in [-0.05, 0) is 55.1 Å². The minimum atomic E-state index is -0.470. The van der Waals surface area contributed by atoms with Crippen molar-refractivity contribution in [1.82, 2.24) is 0 Å². The van der Waals surface area contributed by atoms with Crippen molar-refractivity contribution in [3.63, 3.8) is 0 Å². The van der Waals surface area contributed by atoms with Crippen molar-refractivity contribution in [1.29, 1.82) is 0 Å². The first-order valence-corrected chi connectivity index (χ1v) is 9.47. The van der Waals surface area contributed by atoms with Crippen LogP contribution in [0.3, 0.4) is 0 Å². The van der Waals surface area contributed by atoms with Crippen LogP contribution in [0.5, 0.6) is 0 Å². The molecular formula is C23H38O2. The van der Waals surface area contributed by atoms with Crippen LogP contribution in [0.2, 0.25) is 0 Å². The van der Waals surface area contributed by atoms with E-state index in [4.69, 9.17) is 4.74 Å². The molecule has 0 aliphatic heterocycles. The molecule has 1 aromatic rings. The summed E-state index contributed by atoms with van der Waals surface area (Å²) in [5.41, 5.74) is 2.03. The van der Waals surface area contributed by atoms with Crippen LogP contribution in [0.15, 0.2) is 24.3 Å². The highest BCUT2D eigenvalue weighted by molar-refractivity contribution is 5.78. The molecule has 0 saturated heterocycles. The van der Waals surface area contributed by atoms with Gasteiger partial charge in [-0.2, -0.15) is 0 Å². The minimum Gasteiger partial charge on any atom is -0.459 e. The summed E-state index contributed by atoms with van der Waals surface area (Å²) in [4.78, 5) is 12.9. The molecule has 1 atom stereocenters. The highest BCUT2D eigenvalue weighted by Gasteiger charge is 2.34. The molecule has 1 rings (SSSR count). The molecular weight excluding hydrogens is 308 g/mol. The Bertz CT molecular complexity index is 566. The molecule has 0 aliphatic carbocycles. The van der Waals surface area contributed by atoms with Crippen molar-refractivity contribution < 1.29 is 9.53 Å². The smallest absolute Gasteiger partial charge is 0.313 e. The Morgan fingerprint density at radius 1 is 0.920 bits per heavy atom. The fourth-order valence-electron chi connectivity index (χ4n) is 2.69. The largest absolute Gasteiger partial charge is 0.459 e. The molecule has 0 N–H and O–H groups in total. The Labute approximate surface area is 155 Å². The third-order valence-corrected chi connectivity index (χ3v) is 5.16. The van der Waals surface area contributed by atoms with Crippen molar-refractivity contribution in [3.05, 3.63) is 35.4 Å². The van der Waals surface area contributed by atoms with E-state index in [1.54, 1.807) is 0 Å². The first-order valence-electron chi connectivity index (χ1n) is 9.47. The zero-order valence-corrected chi connectivity index (χ0v) is 18.0. The molecule has 0 spiro atoms. The summed E-state index contributed by atoms with van der Waals surface area (Å²) in [5, 5.41) is 0. The van der Waals surface area contributed by atoms with E-state index in [1.807, 2.05) is 20.8 Å². The summed E-state index contributed by atoms with van der Waals surface area (Å²) < 4.78 is 5.74. The predicted molar refractivity (Wildman–Crippen MR) is 107 cm³/mol. The van der Waals surface area contributed by atoms with Crippen LogP contribution in [-0.4, -0.2) is 11.6 Å². The lowest BCUT2D eigenvalue weighted by atomic mass is 9.72. The summed E-state index contributed by atoms with van der Waals surface area (Å²) in [7, 11) is 0. The molecule has 1 unspecified atom stereocenters. The van der Waals surface area contributed by atoms with E-state index in [9.17, 15) is 4.79 Å². The maximum atomic E-state index is 12.9. The lowest BCUT2D eigenvalue weighted by Gasteiger charge is -2.34. The van der Waals surface area contributed by atoms with Crippen molar-refractivity contribution in [3.8, 4) is 0 Å². The zero-order valence-electron chi connectivity index (χ0n) is 18.0. The molecule has 0 fully saturated rings. The molecule has 142 valence electrons. The first-order chi connectivity index (χ1) is 11.1. The molecule has 0 radical (unpaired) electrons. The zero-order chi connectivity index (χ0) is 19.6. The highest BCUT2D eigenvalue weighted by atomic mass is 16.6. The molecule has 1 aromatic carbocycles. The second kappa shape index (κ2) is 7.51. The Hall–Kier alpha value is -1.31. The van der Waals surface area contributed by atoms with Gasteiger partial charge in [0, 0.05) is 0 Å². The van der Waals surface area contributed by atoms with Crippen LogP contribution < -0.4 is 0 Å². The fourth-order valence-corrected chi connectivity index (χ4v) is 2.69. The van der Waals surface area contributed by atoms with E-state index >= 15 is 0 Å². The quantitative estimate of drug-likeness (QED) is 0.570. The third-order valence-electron chi connectivity index (χ3n) is 5.16. The number of rotatable bonds is 5. The lowest BCUT2D eigenvalue weighted by molar-refractivity contribution is -0.157. The van der Waals surface area contributed by atoms with E-state index in [0.29, 0.717) is 5.92 Å². The molecule has 2 nitrogen and oxygen atoms in total. The molecule has 0 heterocycles. The van der Waals surface area contributed by atoms with Crippen molar-refractivity contribution in [2.24, 2.45) is 11.3 Å². The number of esters is 1. The van der Waals surface area contributed by atoms with Gasteiger partial charge in [0.25, 0.3) is 0 Å². The van der Waals surface area contributed by atoms with E-state index in [1.165, 1.54) is 5.56 Å². The second-order valence-electron chi connectivity index (χ2n) is 10.3. The Morgan fingerprint density at radius 3 is 1.76 bits per heavy atom. The molecule has 25 heavy (non-hydrogen) atoms. The monoisotopic (exact) mass is 346 g/mol. The van der Waals surface area contributed by atoms with Crippen LogP contribution in [-0.2, 0) is 14.9 Å². The summed E-state index contributed by atoms with van der Waals surface area (Å²) in [6, 6.07) is 8.50. The summed E-state index contributed by atoms with van der Waals surface area (Å²) in [6.07, 6.45) is 0.786. The van der Waals surface area contributed by atoms with Crippen LogP contribution in [0, 0.1) is 11.3 Å². The molecule has 0 aromatic heterocycles. The van der Waals surface area contributed by atoms with Crippen molar-refractivity contribution in [2.75, 3.05) is 0 Å².